The zero-order chi connectivity index (χ0) is 14.9. The molecule has 2 heterocycles. The molecule has 3 atom stereocenters. The summed E-state index contributed by atoms with van der Waals surface area (Å²) in [5, 5.41) is 0. The van der Waals surface area contributed by atoms with Crippen LogP contribution in [0.5, 0.6) is 0 Å². The first-order valence-corrected chi connectivity index (χ1v) is 8.65. The lowest BCUT2D eigenvalue weighted by molar-refractivity contribution is -0.124. The third-order valence-corrected chi connectivity index (χ3v) is 6.01. The van der Waals surface area contributed by atoms with Gasteiger partial charge in [-0.3, -0.25) is 9.69 Å². The Hall–Kier alpha value is -0.650. The van der Waals surface area contributed by atoms with E-state index >= 15 is 0 Å². The minimum absolute atomic E-state index is 0.276. The molecule has 3 rings (SSSR count). The van der Waals surface area contributed by atoms with E-state index in [1.54, 1.807) is 0 Å². The Bertz CT molecular complexity index is 388. The van der Waals surface area contributed by atoms with Gasteiger partial charge in [-0.1, -0.05) is 6.42 Å². The van der Waals surface area contributed by atoms with Gasteiger partial charge in [-0.25, -0.2) is 0 Å². The third kappa shape index (κ3) is 3.10. The van der Waals surface area contributed by atoms with Gasteiger partial charge in [-0.05, 0) is 70.6 Å². The van der Waals surface area contributed by atoms with E-state index in [2.05, 4.69) is 9.80 Å². The molecule has 1 amide bonds. The summed E-state index contributed by atoms with van der Waals surface area (Å²) < 4.78 is 0. The van der Waals surface area contributed by atoms with E-state index < -0.39 is 5.54 Å². The predicted octanol–water partition coefficient (Wildman–Crippen LogP) is 0.530. The summed E-state index contributed by atoms with van der Waals surface area (Å²) in [6, 6.07) is 0.759. The van der Waals surface area contributed by atoms with Crippen molar-refractivity contribution in [3.8, 4) is 0 Å². The molecule has 3 unspecified atom stereocenters. The van der Waals surface area contributed by atoms with Gasteiger partial charge >= 0.3 is 0 Å². The maximum absolute atomic E-state index is 11.7. The fraction of sp³-hybridized carbons (Fsp3) is 0.938. The predicted molar refractivity (Wildman–Crippen MR) is 83.7 cm³/mol. The molecule has 0 aromatic heterocycles. The van der Waals surface area contributed by atoms with Crippen molar-refractivity contribution in [2.45, 2.75) is 56.5 Å². The van der Waals surface area contributed by atoms with Gasteiger partial charge < -0.3 is 16.4 Å². The van der Waals surface area contributed by atoms with Crippen LogP contribution in [0.2, 0.25) is 0 Å². The molecule has 0 aromatic carbocycles. The van der Waals surface area contributed by atoms with Crippen LogP contribution in [0.1, 0.15) is 44.9 Å². The molecule has 3 fully saturated rings. The number of fused-ring (bicyclic) bond motifs is 1. The van der Waals surface area contributed by atoms with Crippen molar-refractivity contribution in [1.82, 2.24) is 9.80 Å². The number of amides is 1. The summed E-state index contributed by atoms with van der Waals surface area (Å²) in [4.78, 5) is 16.9. The highest BCUT2D eigenvalue weighted by Crippen LogP contribution is 2.36. The Morgan fingerprint density at radius 3 is 2.76 bits per heavy atom. The molecule has 2 saturated heterocycles. The second-order valence-corrected chi connectivity index (χ2v) is 7.27. The molecule has 2 aliphatic heterocycles. The van der Waals surface area contributed by atoms with Crippen LogP contribution in [-0.2, 0) is 4.79 Å². The molecule has 4 N–H and O–H groups in total. The molecular formula is C16H30N4O. The smallest absolute Gasteiger partial charge is 0.237 e. The number of primary amides is 1. The van der Waals surface area contributed by atoms with Crippen LogP contribution in [0.25, 0.3) is 0 Å². The number of nitrogens with zero attached hydrogens (tertiary/aromatic N) is 2. The molecule has 5 heteroatoms. The molecule has 3 aliphatic rings. The van der Waals surface area contributed by atoms with E-state index in [0.29, 0.717) is 0 Å². The maximum Gasteiger partial charge on any atom is 0.237 e. The number of hydrogen-bond acceptors (Lipinski definition) is 4. The minimum atomic E-state index is -0.745. The normalized spacial score (nSPS) is 38.3. The average Bonchev–Trinajstić information content (AvgIpc) is 2.99. The molecule has 1 aliphatic carbocycles. The van der Waals surface area contributed by atoms with Gasteiger partial charge in [0, 0.05) is 12.6 Å². The van der Waals surface area contributed by atoms with Gasteiger partial charge in [0.1, 0.15) is 0 Å². The van der Waals surface area contributed by atoms with Gasteiger partial charge in [0.15, 0.2) is 0 Å². The zero-order valence-electron chi connectivity index (χ0n) is 13.1. The van der Waals surface area contributed by atoms with Gasteiger partial charge in [-0.15, -0.1) is 0 Å². The second-order valence-electron chi connectivity index (χ2n) is 7.27. The fourth-order valence-electron chi connectivity index (χ4n) is 4.65. The van der Waals surface area contributed by atoms with Crippen molar-refractivity contribution < 1.29 is 4.79 Å². The monoisotopic (exact) mass is 294 g/mol. The van der Waals surface area contributed by atoms with E-state index in [4.69, 9.17) is 11.5 Å². The van der Waals surface area contributed by atoms with Gasteiger partial charge in [0.05, 0.1) is 5.54 Å². The average molecular weight is 294 g/mol. The van der Waals surface area contributed by atoms with Crippen LogP contribution in [-0.4, -0.2) is 60.0 Å². The standard InChI is InChI=1S/C16H30N4O/c17-15(21)16(18)7-1-4-13(16)6-11-19-8-3-10-20-9-2-5-14(20)12-19/h13-14H,1-12,18H2,(H2,17,21). The van der Waals surface area contributed by atoms with Crippen molar-refractivity contribution in [3.05, 3.63) is 0 Å². The largest absolute Gasteiger partial charge is 0.368 e. The van der Waals surface area contributed by atoms with Crippen LogP contribution < -0.4 is 11.5 Å². The summed E-state index contributed by atoms with van der Waals surface area (Å²) >= 11 is 0. The van der Waals surface area contributed by atoms with E-state index in [-0.39, 0.29) is 11.8 Å². The summed E-state index contributed by atoms with van der Waals surface area (Å²) in [5.74, 6) is -0.0271. The van der Waals surface area contributed by atoms with E-state index in [0.717, 1.165) is 38.3 Å². The van der Waals surface area contributed by atoms with Crippen LogP contribution in [0.4, 0.5) is 0 Å². The number of nitrogens with two attached hydrogens (primary N) is 2. The molecular weight excluding hydrogens is 264 g/mol. The molecule has 0 aromatic rings. The quantitative estimate of drug-likeness (QED) is 0.793. The molecule has 0 bridgehead atoms. The Morgan fingerprint density at radius 2 is 1.95 bits per heavy atom. The van der Waals surface area contributed by atoms with Crippen molar-refractivity contribution in [3.63, 3.8) is 0 Å². The molecule has 21 heavy (non-hydrogen) atoms. The van der Waals surface area contributed by atoms with Crippen LogP contribution in [0, 0.1) is 5.92 Å². The Balaban J connectivity index is 1.53. The topological polar surface area (TPSA) is 75.6 Å². The summed E-state index contributed by atoms with van der Waals surface area (Å²) in [5.41, 5.74) is 11.1. The lowest BCUT2D eigenvalue weighted by Crippen LogP contribution is -2.55. The number of rotatable bonds is 4. The molecule has 0 spiro atoms. The lowest BCUT2D eigenvalue weighted by atomic mass is 9.85. The highest BCUT2D eigenvalue weighted by Gasteiger charge is 2.44. The van der Waals surface area contributed by atoms with Crippen molar-refractivity contribution in [2.24, 2.45) is 17.4 Å². The van der Waals surface area contributed by atoms with Crippen LogP contribution >= 0.6 is 0 Å². The van der Waals surface area contributed by atoms with Crippen molar-refractivity contribution in [2.75, 3.05) is 32.7 Å². The maximum atomic E-state index is 11.7. The van der Waals surface area contributed by atoms with Gasteiger partial charge in [-0.2, -0.15) is 0 Å². The Kier molecular flexibility index (Phi) is 4.52. The lowest BCUT2D eigenvalue weighted by Gasteiger charge is -2.31. The Morgan fingerprint density at radius 1 is 1.14 bits per heavy atom. The zero-order valence-corrected chi connectivity index (χ0v) is 13.1. The van der Waals surface area contributed by atoms with Gasteiger partial charge in [0.2, 0.25) is 5.91 Å². The highest BCUT2D eigenvalue weighted by atomic mass is 16.1. The molecule has 1 saturated carbocycles. The summed E-state index contributed by atoms with van der Waals surface area (Å²) in [7, 11) is 0. The molecule has 5 nitrogen and oxygen atoms in total. The van der Waals surface area contributed by atoms with Crippen molar-refractivity contribution >= 4 is 5.91 Å². The highest BCUT2D eigenvalue weighted by molar-refractivity contribution is 5.85. The summed E-state index contributed by atoms with van der Waals surface area (Å²) in [6.07, 6.45) is 7.86. The Labute approximate surface area is 128 Å². The molecule has 0 radical (unpaired) electrons. The molecule has 120 valence electrons. The fourth-order valence-corrected chi connectivity index (χ4v) is 4.65. The number of hydrogen-bond donors (Lipinski definition) is 2. The van der Waals surface area contributed by atoms with Crippen LogP contribution in [0.3, 0.4) is 0 Å². The number of carbonyl (C=O) groups is 1. The SMILES string of the molecule is NC(=O)C1(N)CCCC1CCN1CCCN2CCCC2C1. The van der Waals surface area contributed by atoms with Crippen LogP contribution in [0.15, 0.2) is 0 Å². The van der Waals surface area contributed by atoms with E-state index in [1.807, 2.05) is 0 Å². The minimum Gasteiger partial charge on any atom is -0.368 e. The number of carbonyl (C=O) groups excluding carboxylic acids is 1. The van der Waals surface area contributed by atoms with E-state index in [1.165, 1.54) is 45.4 Å². The third-order valence-electron chi connectivity index (χ3n) is 6.01. The van der Waals surface area contributed by atoms with Crippen molar-refractivity contribution in [1.29, 1.82) is 0 Å². The first-order chi connectivity index (χ1) is 10.1. The second kappa shape index (κ2) is 6.23. The first kappa shape index (κ1) is 15.3. The van der Waals surface area contributed by atoms with E-state index in [9.17, 15) is 4.79 Å². The van der Waals surface area contributed by atoms with Gasteiger partial charge in [0.25, 0.3) is 0 Å². The first-order valence-electron chi connectivity index (χ1n) is 8.65. The summed E-state index contributed by atoms with van der Waals surface area (Å²) in [6.45, 7) is 6.00.